The maximum atomic E-state index is 5.13. The average Bonchev–Trinajstić information content (AvgIpc) is 2.25. The first-order chi connectivity index (χ1) is 6.86. The van der Waals surface area contributed by atoms with E-state index in [1.807, 2.05) is 18.2 Å². The normalized spacial score (nSPS) is 10.1. The molecule has 0 amide bonds. The molecular formula is C11H17NO2. The van der Waals surface area contributed by atoms with Gasteiger partial charge in [0.25, 0.3) is 0 Å². The lowest BCUT2D eigenvalue weighted by Crippen LogP contribution is -2.18. The third-order valence-corrected chi connectivity index (χ3v) is 1.95. The van der Waals surface area contributed by atoms with Crippen LogP contribution in [-0.2, 0) is 11.3 Å². The van der Waals surface area contributed by atoms with Gasteiger partial charge in [-0.25, -0.2) is 0 Å². The van der Waals surface area contributed by atoms with Gasteiger partial charge in [0.05, 0.1) is 13.7 Å². The van der Waals surface area contributed by atoms with E-state index in [0.717, 1.165) is 25.4 Å². The summed E-state index contributed by atoms with van der Waals surface area (Å²) in [5.41, 5.74) is 1.22. The molecule has 0 heterocycles. The van der Waals surface area contributed by atoms with E-state index in [9.17, 15) is 0 Å². The van der Waals surface area contributed by atoms with Crippen molar-refractivity contribution < 1.29 is 9.47 Å². The maximum absolute atomic E-state index is 5.13. The van der Waals surface area contributed by atoms with E-state index >= 15 is 0 Å². The molecule has 0 aliphatic rings. The molecule has 0 saturated carbocycles. The van der Waals surface area contributed by atoms with Gasteiger partial charge in [0, 0.05) is 20.2 Å². The Hall–Kier alpha value is -1.06. The molecule has 0 radical (unpaired) electrons. The zero-order valence-corrected chi connectivity index (χ0v) is 8.75. The Morgan fingerprint density at radius 2 is 2.14 bits per heavy atom. The topological polar surface area (TPSA) is 30.5 Å². The summed E-state index contributed by atoms with van der Waals surface area (Å²) in [7, 11) is 3.38. The second-order valence-corrected chi connectivity index (χ2v) is 3.02. The molecule has 1 N–H and O–H groups in total. The van der Waals surface area contributed by atoms with E-state index in [4.69, 9.17) is 9.47 Å². The minimum absolute atomic E-state index is 0.740. The number of hydrogen-bond acceptors (Lipinski definition) is 3. The van der Waals surface area contributed by atoms with Crippen molar-refractivity contribution in [3.8, 4) is 5.75 Å². The van der Waals surface area contributed by atoms with Crippen molar-refractivity contribution in [1.82, 2.24) is 5.32 Å². The zero-order chi connectivity index (χ0) is 10.2. The van der Waals surface area contributed by atoms with Crippen LogP contribution in [0.3, 0.4) is 0 Å². The van der Waals surface area contributed by atoms with E-state index in [0.29, 0.717) is 0 Å². The van der Waals surface area contributed by atoms with Gasteiger partial charge >= 0.3 is 0 Å². The van der Waals surface area contributed by atoms with E-state index in [2.05, 4.69) is 11.4 Å². The predicted molar refractivity (Wildman–Crippen MR) is 56.6 cm³/mol. The Labute approximate surface area is 85.0 Å². The van der Waals surface area contributed by atoms with Gasteiger partial charge in [0.15, 0.2) is 0 Å². The number of hydrogen-bond donors (Lipinski definition) is 1. The Bertz CT molecular complexity index is 263. The lowest BCUT2D eigenvalue weighted by Gasteiger charge is -2.05. The first-order valence-corrected chi connectivity index (χ1v) is 4.69. The number of nitrogens with one attached hydrogen (secondary N) is 1. The molecule has 0 spiro atoms. The Morgan fingerprint density at radius 1 is 1.29 bits per heavy atom. The van der Waals surface area contributed by atoms with Crippen LogP contribution in [0, 0.1) is 0 Å². The third kappa shape index (κ3) is 3.77. The summed E-state index contributed by atoms with van der Waals surface area (Å²) in [6, 6.07) is 8.03. The monoisotopic (exact) mass is 195 g/mol. The number of methoxy groups -OCH3 is 2. The average molecular weight is 195 g/mol. The second-order valence-electron chi connectivity index (χ2n) is 3.02. The van der Waals surface area contributed by atoms with Crippen molar-refractivity contribution in [2.75, 3.05) is 27.4 Å². The van der Waals surface area contributed by atoms with Crippen LogP contribution >= 0.6 is 0 Å². The van der Waals surface area contributed by atoms with Crippen molar-refractivity contribution in [2.45, 2.75) is 6.54 Å². The van der Waals surface area contributed by atoms with E-state index in [1.165, 1.54) is 5.56 Å². The molecule has 0 atom stereocenters. The minimum Gasteiger partial charge on any atom is -0.497 e. The Balaban J connectivity index is 2.34. The highest BCUT2D eigenvalue weighted by Crippen LogP contribution is 2.11. The highest BCUT2D eigenvalue weighted by atomic mass is 16.5. The van der Waals surface area contributed by atoms with Gasteiger partial charge in [-0.15, -0.1) is 0 Å². The molecule has 0 saturated heterocycles. The standard InChI is InChI=1S/C11H17NO2/c1-13-7-6-12-9-10-4-3-5-11(8-10)14-2/h3-5,8,12H,6-7,9H2,1-2H3. The number of rotatable bonds is 6. The lowest BCUT2D eigenvalue weighted by atomic mass is 10.2. The van der Waals surface area contributed by atoms with Crippen LogP contribution < -0.4 is 10.1 Å². The molecule has 1 aromatic carbocycles. The molecule has 0 unspecified atom stereocenters. The van der Waals surface area contributed by atoms with Crippen molar-refractivity contribution in [2.24, 2.45) is 0 Å². The van der Waals surface area contributed by atoms with E-state index in [1.54, 1.807) is 14.2 Å². The lowest BCUT2D eigenvalue weighted by molar-refractivity contribution is 0.199. The van der Waals surface area contributed by atoms with Gasteiger partial charge < -0.3 is 14.8 Å². The highest BCUT2D eigenvalue weighted by molar-refractivity contribution is 5.28. The summed E-state index contributed by atoms with van der Waals surface area (Å²) in [6.45, 7) is 2.46. The summed E-state index contributed by atoms with van der Waals surface area (Å²) in [4.78, 5) is 0. The predicted octanol–water partition coefficient (Wildman–Crippen LogP) is 1.43. The van der Waals surface area contributed by atoms with Gasteiger partial charge in [-0.3, -0.25) is 0 Å². The Kier molecular flexibility index (Phi) is 5.04. The van der Waals surface area contributed by atoms with Crippen LogP contribution in [-0.4, -0.2) is 27.4 Å². The van der Waals surface area contributed by atoms with E-state index in [-0.39, 0.29) is 0 Å². The first kappa shape index (κ1) is 11.0. The molecule has 0 aliphatic heterocycles. The number of ether oxygens (including phenoxy) is 2. The molecule has 3 nitrogen and oxygen atoms in total. The van der Waals surface area contributed by atoms with Gasteiger partial charge in [-0.05, 0) is 17.7 Å². The molecule has 0 aromatic heterocycles. The molecule has 14 heavy (non-hydrogen) atoms. The fourth-order valence-electron chi connectivity index (χ4n) is 1.19. The maximum Gasteiger partial charge on any atom is 0.119 e. The summed E-state index contributed by atoms with van der Waals surface area (Å²) < 4.78 is 10.1. The molecular weight excluding hydrogens is 178 g/mol. The molecule has 0 aliphatic carbocycles. The van der Waals surface area contributed by atoms with Crippen LogP contribution in [0.2, 0.25) is 0 Å². The van der Waals surface area contributed by atoms with Crippen LogP contribution in [0.15, 0.2) is 24.3 Å². The largest absolute Gasteiger partial charge is 0.497 e. The zero-order valence-electron chi connectivity index (χ0n) is 8.75. The van der Waals surface area contributed by atoms with Gasteiger partial charge in [-0.2, -0.15) is 0 Å². The summed E-state index contributed by atoms with van der Waals surface area (Å²) in [6.07, 6.45) is 0. The second kappa shape index (κ2) is 6.40. The van der Waals surface area contributed by atoms with Crippen LogP contribution in [0.4, 0.5) is 0 Å². The van der Waals surface area contributed by atoms with Crippen LogP contribution in [0.1, 0.15) is 5.56 Å². The van der Waals surface area contributed by atoms with Crippen molar-refractivity contribution in [3.05, 3.63) is 29.8 Å². The SMILES string of the molecule is COCCNCc1cccc(OC)c1. The molecule has 3 heteroatoms. The first-order valence-electron chi connectivity index (χ1n) is 4.69. The minimum atomic E-state index is 0.740. The smallest absolute Gasteiger partial charge is 0.119 e. The summed E-state index contributed by atoms with van der Waals surface area (Å²) in [5.74, 6) is 0.899. The highest BCUT2D eigenvalue weighted by Gasteiger charge is 1.94. The van der Waals surface area contributed by atoms with E-state index < -0.39 is 0 Å². The summed E-state index contributed by atoms with van der Waals surface area (Å²) >= 11 is 0. The molecule has 0 fully saturated rings. The van der Waals surface area contributed by atoms with Crippen molar-refractivity contribution in [1.29, 1.82) is 0 Å². The van der Waals surface area contributed by atoms with Crippen molar-refractivity contribution >= 4 is 0 Å². The molecule has 1 aromatic rings. The fourth-order valence-corrected chi connectivity index (χ4v) is 1.19. The molecule has 78 valence electrons. The van der Waals surface area contributed by atoms with Crippen LogP contribution in [0.5, 0.6) is 5.75 Å². The van der Waals surface area contributed by atoms with Gasteiger partial charge in [-0.1, -0.05) is 12.1 Å². The van der Waals surface area contributed by atoms with Gasteiger partial charge in [0.2, 0.25) is 0 Å². The van der Waals surface area contributed by atoms with Gasteiger partial charge in [0.1, 0.15) is 5.75 Å². The quantitative estimate of drug-likeness (QED) is 0.697. The third-order valence-electron chi connectivity index (χ3n) is 1.95. The number of benzene rings is 1. The molecule has 1 rings (SSSR count). The Morgan fingerprint density at radius 3 is 2.86 bits per heavy atom. The van der Waals surface area contributed by atoms with Crippen molar-refractivity contribution in [3.63, 3.8) is 0 Å². The summed E-state index contributed by atoms with van der Waals surface area (Å²) in [5, 5.41) is 3.27. The molecule has 0 bridgehead atoms. The van der Waals surface area contributed by atoms with Crippen LogP contribution in [0.25, 0.3) is 0 Å². The fraction of sp³-hybridized carbons (Fsp3) is 0.455.